The van der Waals surface area contributed by atoms with Crippen LogP contribution in [-0.4, -0.2) is 41.7 Å². The largest absolute Gasteiger partial charge is 0.489 e. The van der Waals surface area contributed by atoms with Crippen LogP contribution in [0.1, 0.15) is 12.0 Å². The Kier molecular flexibility index (Phi) is 5.27. The number of nitrogens with zero attached hydrogens (tertiary/aromatic N) is 1. The Morgan fingerprint density at radius 3 is 2.56 bits per heavy atom. The molecule has 1 heterocycles. The van der Waals surface area contributed by atoms with Crippen LogP contribution in [0.3, 0.4) is 0 Å². The lowest BCUT2D eigenvalue weighted by Gasteiger charge is -2.30. The van der Waals surface area contributed by atoms with Gasteiger partial charge in [0.2, 0.25) is 0 Å². The zero-order valence-electron chi connectivity index (χ0n) is 13.8. The summed E-state index contributed by atoms with van der Waals surface area (Å²) in [6.07, 6.45) is 0.806. The van der Waals surface area contributed by atoms with E-state index in [2.05, 4.69) is 0 Å². The third-order valence-electron chi connectivity index (χ3n) is 4.46. The number of halogens is 1. The number of hydrogen-bond donors (Lipinski definition) is 2. The highest BCUT2D eigenvalue weighted by atomic mass is 35.5. The van der Waals surface area contributed by atoms with Crippen LogP contribution in [0.5, 0.6) is 5.75 Å². The van der Waals surface area contributed by atoms with Gasteiger partial charge in [0.25, 0.3) is 5.91 Å². The molecule has 6 heteroatoms. The Hall–Kier alpha value is -2.08. The number of β-amino-alcohol motifs (C(OH)–C–C–N with tert-alkyl or cyclic N) is 1. The van der Waals surface area contributed by atoms with E-state index in [1.165, 1.54) is 0 Å². The van der Waals surface area contributed by atoms with Crippen LogP contribution >= 0.6 is 11.6 Å². The first kappa shape index (κ1) is 17.7. The summed E-state index contributed by atoms with van der Waals surface area (Å²) in [4.78, 5) is 13.9. The summed E-state index contributed by atoms with van der Waals surface area (Å²) in [6.45, 7) is 1.48. The molecule has 0 bridgehead atoms. The van der Waals surface area contributed by atoms with Crippen LogP contribution in [0.25, 0.3) is 0 Å². The van der Waals surface area contributed by atoms with Crippen LogP contribution in [-0.2, 0) is 10.4 Å². The third-order valence-corrected chi connectivity index (χ3v) is 4.71. The summed E-state index contributed by atoms with van der Waals surface area (Å²) in [7, 11) is 0. The van der Waals surface area contributed by atoms with Crippen molar-refractivity contribution in [2.24, 2.45) is 5.73 Å². The first-order valence-corrected chi connectivity index (χ1v) is 8.57. The molecule has 132 valence electrons. The van der Waals surface area contributed by atoms with Crippen LogP contribution in [0, 0.1) is 0 Å². The van der Waals surface area contributed by atoms with Gasteiger partial charge in [0.1, 0.15) is 11.9 Å². The van der Waals surface area contributed by atoms with E-state index in [-0.39, 0.29) is 12.6 Å². The first-order valence-electron chi connectivity index (χ1n) is 8.20. The van der Waals surface area contributed by atoms with E-state index in [1.807, 2.05) is 23.1 Å². The summed E-state index contributed by atoms with van der Waals surface area (Å²) in [6, 6.07) is 16.0. The molecule has 0 aromatic heterocycles. The molecule has 0 radical (unpaired) electrons. The van der Waals surface area contributed by atoms with E-state index in [9.17, 15) is 9.90 Å². The first-order chi connectivity index (χ1) is 12.0. The summed E-state index contributed by atoms with van der Waals surface area (Å²) in [5.74, 6) is 0.00485. The van der Waals surface area contributed by atoms with E-state index in [1.54, 1.807) is 36.4 Å². The van der Waals surface area contributed by atoms with Crippen molar-refractivity contribution in [1.82, 2.24) is 4.90 Å². The normalized spacial score (nSPS) is 20.2. The summed E-state index contributed by atoms with van der Waals surface area (Å²) in [5.41, 5.74) is 4.29. The molecule has 1 aliphatic heterocycles. The number of ether oxygens (including phenoxy) is 1. The number of aliphatic hydroxyl groups is 1. The van der Waals surface area contributed by atoms with Gasteiger partial charge in [-0.15, -0.1) is 0 Å². The van der Waals surface area contributed by atoms with E-state index >= 15 is 0 Å². The van der Waals surface area contributed by atoms with Gasteiger partial charge < -0.3 is 15.6 Å². The minimum absolute atomic E-state index is 0.00549. The maximum atomic E-state index is 11.9. The molecule has 5 nitrogen and oxygen atoms in total. The number of rotatable bonds is 6. The highest BCUT2D eigenvalue weighted by Crippen LogP contribution is 2.26. The molecule has 2 aromatic carbocycles. The Morgan fingerprint density at radius 2 is 1.92 bits per heavy atom. The predicted molar refractivity (Wildman–Crippen MR) is 96.5 cm³/mol. The number of benzene rings is 2. The van der Waals surface area contributed by atoms with Crippen molar-refractivity contribution in [3.63, 3.8) is 0 Å². The van der Waals surface area contributed by atoms with Crippen molar-refractivity contribution in [2.75, 3.05) is 19.6 Å². The lowest BCUT2D eigenvalue weighted by molar-refractivity contribution is -0.139. The van der Waals surface area contributed by atoms with E-state index in [0.29, 0.717) is 17.1 Å². The average Bonchev–Trinajstić information content (AvgIpc) is 3.04. The van der Waals surface area contributed by atoms with Crippen LogP contribution in [0.4, 0.5) is 0 Å². The molecule has 1 aliphatic rings. The molecule has 2 atom stereocenters. The van der Waals surface area contributed by atoms with E-state index in [0.717, 1.165) is 18.7 Å². The number of amides is 1. The molecule has 0 saturated carbocycles. The van der Waals surface area contributed by atoms with Gasteiger partial charge in [-0.3, -0.25) is 9.69 Å². The number of hydrogen-bond acceptors (Lipinski definition) is 4. The van der Waals surface area contributed by atoms with Crippen molar-refractivity contribution in [2.45, 2.75) is 18.1 Å². The second-order valence-electron chi connectivity index (χ2n) is 6.31. The quantitative estimate of drug-likeness (QED) is 0.827. The van der Waals surface area contributed by atoms with Crippen LogP contribution < -0.4 is 10.5 Å². The Balaban J connectivity index is 1.65. The molecule has 0 aliphatic carbocycles. The Bertz CT molecular complexity index is 723. The van der Waals surface area contributed by atoms with Gasteiger partial charge in [-0.05, 0) is 36.2 Å². The molecule has 0 spiro atoms. The molecule has 1 amide bonds. The fourth-order valence-corrected chi connectivity index (χ4v) is 3.22. The summed E-state index contributed by atoms with van der Waals surface area (Å²) in [5, 5.41) is 11.5. The maximum absolute atomic E-state index is 11.9. The van der Waals surface area contributed by atoms with Gasteiger partial charge in [0.15, 0.2) is 5.60 Å². The smallest absolute Gasteiger partial charge is 0.255 e. The molecule has 3 rings (SSSR count). The number of primary amides is 1. The second kappa shape index (κ2) is 7.44. The lowest BCUT2D eigenvalue weighted by atomic mass is 9.92. The number of nitrogens with two attached hydrogens (primary N) is 1. The third kappa shape index (κ3) is 4.12. The van der Waals surface area contributed by atoms with Gasteiger partial charge in [-0.25, -0.2) is 0 Å². The average molecular weight is 361 g/mol. The SMILES string of the molecule is NC(=O)C(O)(CN1CCC(Oc2ccc(Cl)cc2)C1)c1ccccc1. The van der Waals surface area contributed by atoms with Crippen molar-refractivity contribution in [1.29, 1.82) is 0 Å². The maximum Gasteiger partial charge on any atom is 0.255 e. The number of likely N-dealkylation sites (tertiary alicyclic amines) is 1. The fourth-order valence-electron chi connectivity index (χ4n) is 3.09. The molecule has 3 N–H and O–H groups in total. The van der Waals surface area contributed by atoms with Crippen molar-refractivity contribution >= 4 is 17.5 Å². The van der Waals surface area contributed by atoms with Gasteiger partial charge in [0.05, 0.1) is 0 Å². The molecule has 25 heavy (non-hydrogen) atoms. The highest BCUT2D eigenvalue weighted by molar-refractivity contribution is 6.30. The van der Waals surface area contributed by atoms with E-state index in [4.69, 9.17) is 22.1 Å². The minimum atomic E-state index is -1.71. The van der Waals surface area contributed by atoms with Gasteiger partial charge in [-0.2, -0.15) is 0 Å². The fraction of sp³-hybridized carbons (Fsp3) is 0.316. The molecular weight excluding hydrogens is 340 g/mol. The molecular formula is C19H21ClN2O3. The van der Waals surface area contributed by atoms with Crippen molar-refractivity contribution < 1.29 is 14.6 Å². The summed E-state index contributed by atoms with van der Waals surface area (Å²) >= 11 is 5.88. The molecule has 1 fully saturated rings. The Labute approximate surface area is 152 Å². The van der Waals surface area contributed by atoms with Gasteiger partial charge in [0, 0.05) is 24.7 Å². The standard InChI is InChI=1S/C19H21ClN2O3/c20-15-6-8-16(9-7-15)25-17-10-11-22(12-17)13-19(24,18(21)23)14-4-2-1-3-5-14/h1-9,17,24H,10-13H2,(H2,21,23). The Morgan fingerprint density at radius 1 is 1.24 bits per heavy atom. The lowest BCUT2D eigenvalue weighted by Crippen LogP contribution is -2.49. The van der Waals surface area contributed by atoms with E-state index < -0.39 is 11.5 Å². The number of carbonyl (C=O) groups is 1. The summed E-state index contributed by atoms with van der Waals surface area (Å²) < 4.78 is 5.94. The molecule has 1 saturated heterocycles. The van der Waals surface area contributed by atoms with Crippen molar-refractivity contribution in [3.05, 3.63) is 65.2 Å². The zero-order valence-corrected chi connectivity index (χ0v) is 14.5. The number of carbonyl (C=O) groups excluding carboxylic acids is 1. The van der Waals surface area contributed by atoms with Gasteiger partial charge >= 0.3 is 0 Å². The van der Waals surface area contributed by atoms with Crippen LogP contribution in [0.15, 0.2) is 54.6 Å². The van der Waals surface area contributed by atoms with Crippen molar-refractivity contribution in [3.8, 4) is 5.75 Å². The predicted octanol–water partition coefficient (Wildman–Crippen LogP) is 2.17. The molecule has 2 aromatic rings. The highest BCUT2D eigenvalue weighted by Gasteiger charge is 2.39. The monoisotopic (exact) mass is 360 g/mol. The van der Waals surface area contributed by atoms with Gasteiger partial charge in [-0.1, -0.05) is 41.9 Å². The minimum Gasteiger partial charge on any atom is -0.489 e. The van der Waals surface area contributed by atoms with Crippen LogP contribution in [0.2, 0.25) is 5.02 Å². The molecule has 2 unspecified atom stereocenters. The zero-order chi connectivity index (χ0) is 17.9. The topological polar surface area (TPSA) is 75.8 Å². The second-order valence-corrected chi connectivity index (χ2v) is 6.74.